The number of benzene rings is 1. The third-order valence-electron chi connectivity index (χ3n) is 2.25. The van der Waals surface area contributed by atoms with Gasteiger partial charge in [0.25, 0.3) is 0 Å². The monoisotopic (exact) mass is 266 g/mol. The van der Waals surface area contributed by atoms with E-state index < -0.39 is 0 Å². The van der Waals surface area contributed by atoms with Crippen LogP contribution in [0.2, 0.25) is 10.2 Å². The van der Waals surface area contributed by atoms with Gasteiger partial charge in [-0.25, -0.2) is 4.98 Å². The van der Waals surface area contributed by atoms with Crippen LogP contribution in [0.3, 0.4) is 0 Å². The maximum atomic E-state index is 12.1. The van der Waals surface area contributed by atoms with Crippen LogP contribution in [0.1, 0.15) is 15.9 Å². The van der Waals surface area contributed by atoms with Crippen molar-refractivity contribution in [1.82, 2.24) is 4.98 Å². The molecule has 0 aliphatic rings. The Bertz CT molecular complexity index is 567. The number of carbonyl (C=O) groups is 1. The number of halogens is 2. The van der Waals surface area contributed by atoms with E-state index in [0.717, 1.165) is 0 Å². The molecular weight excluding hydrogens is 259 g/mol. The fourth-order valence-corrected chi connectivity index (χ4v) is 1.67. The predicted molar refractivity (Wildman–Crippen MR) is 68.5 cm³/mol. The summed E-state index contributed by atoms with van der Waals surface area (Å²) >= 11 is 11.5. The SMILES string of the molecule is Nc1ccc(Cl)cc1C(=O)c1ccc(Cl)nc1. The van der Waals surface area contributed by atoms with Crippen LogP contribution in [0.15, 0.2) is 36.5 Å². The molecule has 2 rings (SSSR count). The van der Waals surface area contributed by atoms with Crippen molar-refractivity contribution >= 4 is 34.7 Å². The van der Waals surface area contributed by atoms with Crippen LogP contribution in [-0.2, 0) is 0 Å². The van der Waals surface area contributed by atoms with Crippen molar-refractivity contribution in [2.45, 2.75) is 0 Å². The minimum absolute atomic E-state index is 0.228. The quantitative estimate of drug-likeness (QED) is 0.516. The molecule has 0 aliphatic carbocycles. The van der Waals surface area contributed by atoms with Gasteiger partial charge in [0.15, 0.2) is 5.78 Å². The molecule has 1 heterocycles. The first-order valence-corrected chi connectivity index (χ1v) is 5.55. The molecule has 0 amide bonds. The van der Waals surface area contributed by atoms with Gasteiger partial charge in [-0.05, 0) is 30.3 Å². The number of nitrogens with two attached hydrogens (primary N) is 1. The molecule has 0 atom stereocenters. The van der Waals surface area contributed by atoms with Gasteiger partial charge in [-0.1, -0.05) is 23.2 Å². The molecule has 0 spiro atoms. The molecule has 0 radical (unpaired) electrons. The summed E-state index contributed by atoms with van der Waals surface area (Å²) in [5.74, 6) is -0.228. The molecule has 17 heavy (non-hydrogen) atoms. The number of rotatable bonds is 2. The molecule has 0 unspecified atom stereocenters. The van der Waals surface area contributed by atoms with Gasteiger partial charge >= 0.3 is 0 Å². The van der Waals surface area contributed by atoms with Crippen LogP contribution in [0.4, 0.5) is 5.69 Å². The summed E-state index contributed by atoms with van der Waals surface area (Å²) in [6, 6.07) is 7.91. The van der Waals surface area contributed by atoms with E-state index in [-0.39, 0.29) is 5.78 Å². The van der Waals surface area contributed by atoms with E-state index in [4.69, 9.17) is 28.9 Å². The second kappa shape index (κ2) is 4.73. The summed E-state index contributed by atoms with van der Waals surface area (Å²) in [6.07, 6.45) is 1.41. The summed E-state index contributed by atoms with van der Waals surface area (Å²) in [7, 11) is 0. The number of anilines is 1. The highest BCUT2D eigenvalue weighted by Gasteiger charge is 2.13. The topological polar surface area (TPSA) is 56.0 Å². The van der Waals surface area contributed by atoms with E-state index >= 15 is 0 Å². The molecule has 86 valence electrons. The van der Waals surface area contributed by atoms with Crippen molar-refractivity contribution in [3.63, 3.8) is 0 Å². The number of ketones is 1. The minimum Gasteiger partial charge on any atom is -0.398 e. The first-order valence-electron chi connectivity index (χ1n) is 4.79. The van der Waals surface area contributed by atoms with Crippen molar-refractivity contribution in [2.75, 3.05) is 5.73 Å². The minimum atomic E-state index is -0.228. The molecule has 0 saturated heterocycles. The Morgan fingerprint density at radius 3 is 2.59 bits per heavy atom. The lowest BCUT2D eigenvalue weighted by molar-refractivity contribution is 0.103. The van der Waals surface area contributed by atoms with Crippen LogP contribution in [-0.4, -0.2) is 10.8 Å². The van der Waals surface area contributed by atoms with Crippen molar-refractivity contribution in [2.24, 2.45) is 0 Å². The second-order valence-corrected chi connectivity index (χ2v) is 4.25. The molecule has 0 fully saturated rings. The third-order valence-corrected chi connectivity index (χ3v) is 2.71. The normalized spacial score (nSPS) is 10.2. The predicted octanol–water partition coefficient (Wildman–Crippen LogP) is 3.20. The Labute approximate surface area is 108 Å². The molecule has 1 aromatic carbocycles. The van der Waals surface area contributed by atoms with Crippen molar-refractivity contribution in [3.8, 4) is 0 Å². The van der Waals surface area contributed by atoms with E-state index in [9.17, 15) is 4.79 Å². The summed E-state index contributed by atoms with van der Waals surface area (Å²) in [5, 5.41) is 0.796. The highest BCUT2D eigenvalue weighted by atomic mass is 35.5. The van der Waals surface area contributed by atoms with E-state index in [1.54, 1.807) is 24.3 Å². The average molecular weight is 267 g/mol. The Hall–Kier alpha value is -1.58. The van der Waals surface area contributed by atoms with Crippen LogP contribution in [0, 0.1) is 0 Å². The first kappa shape index (κ1) is 11.9. The lowest BCUT2D eigenvalue weighted by Gasteiger charge is -2.05. The zero-order valence-corrected chi connectivity index (χ0v) is 10.2. The molecule has 3 nitrogen and oxygen atoms in total. The van der Waals surface area contributed by atoms with Gasteiger partial charge in [0, 0.05) is 28.0 Å². The van der Waals surface area contributed by atoms with Crippen LogP contribution < -0.4 is 5.73 Å². The highest BCUT2D eigenvalue weighted by molar-refractivity contribution is 6.31. The van der Waals surface area contributed by atoms with Crippen LogP contribution in [0.25, 0.3) is 0 Å². The Morgan fingerprint density at radius 2 is 1.94 bits per heavy atom. The summed E-state index contributed by atoms with van der Waals surface area (Å²) < 4.78 is 0. The number of carbonyl (C=O) groups excluding carboxylic acids is 1. The number of hydrogen-bond donors (Lipinski definition) is 1. The number of nitrogen functional groups attached to an aromatic ring is 1. The summed E-state index contributed by atoms with van der Waals surface area (Å²) in [4.78, 5) is 16.0. The lowest BCUT2D eigenvalue weighted by atomic mass is 10.0. The largest absolute Gasteiger partial charge is 0.398 e. The number of pyridine rings is 1. The zero-order valence-electron chi connectivity index (χ0n) is 8.65. The van der Waals surface area contributed by atoms with E-state index in [1.807, 2.05) is 0 Å². The van der Waals surface area contributed by atoms with Crippen molar-refractivity contribution < 1.29 is 4.79 Å². The molecular formula is C12H8Cl2N2O. The Balaban J connectivity index is 2.43. The highest BCUT2D eigenvalue weighted by Crippen LogP contribution is 2.21. The molecule has 5 heteroatoms. The van der Waals surface area contributed by atoms with Crippen molar-refractivity contribution in [1.29, 1.82) is 0 Å². The fourth-order valence-electron chi connectivity index (χ4n) is 1.39. The van der Waals surface area contributed by atoms with Gasteiger partial charge in [-0.2, -0.15) is 0 Å². The Kier molecular flexibility index (Phi) is 3.31. The fraction of sp³-hybridized carbons (Fsp3) is 0. The first-order chi connectivity index (χ1) is 8.08. The average Bonchev–Trinajstić information content (AvgIpc) is 2.32. The second-order valence-electron chi connectivity index (χ2n) is 3.43. The lowest BCUT2D eigenvalue weighted by Crippen LogP contribution is -2.05. The zero-order chi connectivity index (χ0) is 12.4. The maximum Gasteiger partial charge on any atom is 0.196 e. The summed E-state index contributed by atoms with van der Waals surface area (Å²) in [5.41, 5.74) is 6.90. The molecule has 0 saturated carbocycles. The molecule has 0 aliphatic heterocycles. The van der Waals surface area contributed by atoms with Gasteiger partial charge in [-0.3, -0.25) is 4.79 Å². The number of aromatic nitrogens is 1. The van der Waals surface area contributed by atoms with E-state index in [0.29, 0.717) is 27.0 Å². The van der Waals surface area contributed by atoms with Gasteiger partial charge in [0.05, 0.1) is 0 Å². The van der Waals surface area contributed by atoms with Crippen LogP contribution >= 0.6 is 23.2 Å². The van der Waals surface area contributed by atoms with E-state index in [1.165, 1.54) is 12.3 Å². The molecule has 2 N–H and O–H groups in total. The molecule has 0 bridgehead atoms. The molecule has 1 aromatic heterocycles. The molecule has 2 aromatic rings. The van der Waals surface area contributed by atoms with Gasteiger partial charge in [0.1, 0.15) is 5.15 Å². The standard InChI is InChI=1S/C12H8Cl2N2O/c13-8-2-3-10(15)9(5-8)12(17)7-1-4-11(14)16-6-7/h1-6H,15H2. The maximum absolute atomic E-state index is 12.1. The van der Waals surface area contributed by atoms with Crippen LogP contribution in [0.5, 0.6) is 0 Å². The van der Waals surface area contributed by atoms with Gasteiger partial charge in [-0.15, -0.1) is 0 Å². The third kappa shape index (κ3) is 2.57. The van der Waals surface area contributed by atoms with E-state index in [2.05, 4.69) is 4.98 Å². The number of hydrogen-bond acceptors (Lipinski definition) is 3. The number of nitrogens with zero attached hydrogens (tertiary/aromatic N) is 1. The van der Waals surface area contributed by atoms with Gasteiger partial charge in [0.2, 0.25) is 0 Å². The van der Waals surface area contributed by atoms with Gasteiger partial charge < -0.3 is 5.73 Å². The summed E-state index contributed by atoms with van der Waals surface area (Å²) in [6.45, 7) is 0. The smallest absolute Gasteiger partial charge is 0.196 e. The van der Waals surface area contributed by atoms with Crippen molar-refractivity contribution in [3.05, 3.63) is 57.8 Å². The Morgan fingerprint density at radius 1 is 1.18 bits per heavy atom.